The number of para-hydroxylation sites is 1. The summed E-state index contributed by atoms with van der Waals surface area (Å²) in [6.45, 7) is 7.94. The van der Waals surface area contributed by atoms with E-state index in [1.165, 1.54) is 0 Å². The largest absolute Gasteiger partial charge is 0.459 e. The minimum atomic E-state index is 0.104. The second kappa shape index (κ2) is 7.43. The molecule has 20 heavy (non-hydrogen) atoms. The number of fused-ring (bicyclic) bond motifs is 1. The van der Waals surface area contributed by atoms with Gasteiger partial charge in [-0.3, -0.25) is 4.90 Å². The van der Waals surface area contributed by atoms with Crippen LogP contribution in [0.1, 0.15) is 25.6 Å². The Morgan fingerprint density at radius 3 is 2.75 bits per heavy atom. The fourth-order valence-electron chi connectivity index (χ4n) is 2.47. The topological polar surface area (TPSA) is 51.6 Å². The molecule has 110 valence electrons. The summed E-state index contributed by atoms with van der Waals surface area (Å²) >= 11 is 0. The maximum Gasteiger partial charge on any atom is 0.134 e. The van der Waals surface area contributed by atoms with Crippen molar-refractivity contribution in [2.75, 3.05) is 32.8 Å². The van der Waals surface area contributed by atoms with Crippen LogP contribution in [0.15, 0.2) is 34.7 Å². The summed E-state index contributed by atoms with van der Waals surface area (Å²) in [5.74, 6) is 0.937. The molecule has 1 unspecified atom stereocenters. The third-order valence-corrected chi connectivity index (χ3v) is 3.57. The van der Waals surface area contributed by atoms with Crippen molar-refractivity contribution in [3.8, 4) is 0 Å². The minimum absolute atomic E-state index is 0.104. The zero-order valence-electron chi connectivity index (χ0n) is 12.3. The van der Waals surface area contributed by atoms with E-state index in [-0.39, 0.29) is 6.04 Å². The van der Waals surface area contributed by atoms with Gasteiger partial charge in [0.25, 0.3) is 0 Å². The average Bonchev–Trinajstić information content (AvgIpc) is 2.90. The van der Waals surface area contributed by atoms with Crippen LogP contribution in [0, 0.1) is 0 Å². The molecule has 2 N–H and O–H groups in total. The van der Waals surface area contributed by atoms with Crippen LogP contribution in [-0.4, -0.2) is 37.7 Å². The average molecular weight is 276 g/mol. The van der Waals surface area contributed by atoms with E-state index in [4.69, 9.17) is 14.9 Å². The predicted molar refractivity (Wildman–Crippen MR) is 81.7 cm³/mol. The Kier molecular flexibility index (Phi) is 5.59. The molecule has 0 aliphatic carbocycles. The molecular weight excluding hydrogens is 252 g/mol. The third-order valence-electron chi connectivity index (χ3n) is 3.57. The van der Waals surface area contributed by atoms with E-state index in [1.54, 1.807) is 0 Å². The van der Waals surface area contributed by atoms with Crippen LogP contribution in [0.4, 0.5) is 0 Å². The summed E-state index contributed by atoms with van der Waals surface area (Å²) < 4.78 is 11.4. The van der Waals surface area contributed by atoms with E-state index in [2.05, 4.69) is 24.0 Å². The number of hydrogen-bond donors (Lipinski definition) is 1. The van der Waals surface area contributed by atoms with Gasteiger partial charge in [-0.1, -0.05) is 25.1 Å². The van der Waals surface area contributed by atoms with Gasteiger partial charge >= 0.3 is 0 Å². The van der Waals surface area contributed by atoms with Crippen molar-refractivity contribution in [1.82, 2.24) is 4.90 Å². The van der Waals surface area contributed by atoms with Crippen molar-refractivity contribution in [2.45, 2.75) is 19.9 Å². The van der Waals surface area contributed by atoms with Gasteiger partial charge in [0.2, 0.25) is 0 Å². The first-order chi connectivity index (χ1) is 9.80. The van der Waals surface area contributed by atoms with E-state index >= 15 is 0 Å². The number of benzene rings is 1. The molecule has 1 aromatic carbocycles. The molecule has 2 aromatic rings. The van der Waals surface area contributed by atoms with Crippen LogP contribution < -0.4 is 5.73 Å². The van der Waals surface area contributed by atoms with Crippen LogP contribution in [0.25, 0.3) is 11.0 Å². The van der Waals surface area contributed by atoms with Gasteiger partial charge in [-0.05, 0) is 25.6 Å². The molecule has 0 aliphatic heterocycles. The molecule has 0 saturated heterocycles. The van der Waals surface area contributed by atoms with Crippen LogP contribution in [-0.2, 0) is 4.74 Å². The van der Waals surface area contributed by atoms with E-state index in [0.717, 1.165) is 43.0 Å². The highest BCUT2D eigenvalue weighted by atomic mass is 16.5. The van der Waals surface area contributed by atoms with Crippen molar-refractivity contribution < 1.29 is 9.15 Å². The molecule has 1 atom stereocenters. The molecule has 0 bridgehead atoms. The Balaban J connectivity index is 2.16. The predicted octanol–water partition coefficient (Wildman–Crippen LogP) is 2.79. The van der Waals surface area contributed by atoms with Crippen molar-refractivity contribution in [3.05, 3.63) is 36.1 Å². The lowest BCUT2D eigenvalue weighted by Gasteiger charge is -2.28. The standard InChI is InChI=1S/C16H24N2O2/c1-3-18(9-10-19-4-2)14(12-17)16-11-13-7-5-6-8-15(13)20-16/h5-8,11,14H,3-4,9-10,12,17H2,1-2H3. The summed E-state index contributed by atoms with van der Waals surface area (Å²) in [4.78, 5) is 2.30. The Morgan fingerprint density at radius 1 is 1.30 bits per heavy atom. The zero-order chi connectivity index (χ0) is 14.4. The van der Waals surface area contributed by atoms with Gasteiger partial charge in [0.15, 0.2) is 0 Å². The van der Waals surface area contributed by atoms with Crippen LogP contribution in [0.3, 0.4) is 0 Å². The molecule has 4 heteroatoms. The third kappa shape index (κ3) is 3.39. The molecule has 0 aliphatic rings. The Hall–Kier alpha value is -1.36. The molecule has 0 radical (unpaired) electrons. The van der Waals surface area contributed by atoms with Gasteiger partial charge in [-0.15, -0.1) is 0 Å². The maximum atomic E-state index is 5.96. The summed E-state index contributed by atoms with van der Waals surface area (Å²) in [5.41, 5.74) is 6.88. The summed E-state index contributed by atoms with van der Waals surface area (Å²) in [6.07, 6.45) is 0. The first-order valence-electron chi connectivity index (χ1n) is 7.30. The SMILES string of the molecule is CCOCCN(CC)C(CN)c1cc2ccccc2o1. The fraction of sp³-hybridized carbons (Fsp3) is 0.500. The fourth-order valence-corrected chi connectivity index (χ4v) is 2.47. The maximum absolute atomic E-state index is 5.96. The van der Waals surface area contributed by atoms with Crippen LogP contribution in [0.2, 0.25) is 0 Å². The lowest BCUT2D eigenvalue weighted by Crippen LogP contribution is -2.35. The van der Waals surface area contributed by atoms with E-state index < -0.39 is 0 Å². The lowest BCUT2D eigenvalue weighted by atomic mass is 10.1. The van der Waals surface area contributed by atoms with Crippen molar-refractivity contribution in [2.24, 2.45) is 5.73 Å². The van der Waals surface area contributed by atoms with E-state index in [0.29, 0.717) is 6.54 Å². The van der Waals surface area contributed by atoms with E-state index in [9.17, 15) is 0 Å². The molecule has 0 saturated carbocycles. The second-order valence-corrected chi connectivity index (χ2v) is 4.76. The quantitative estimate of drug-likeness (QED) is 0.753. The molecule has 0 amide bonds. The number of likely N-dealkylation sites (N-methyl/N-ethyl adjacent to an activating group) is 1. The van der Waals surface area contributed by atoms with E-state index in [1.807, 2.05) is 25.1 Å². The Labute approximate surface area is 120 Å². The van der Waals surface area contributed by atoms with Gasteiger partial charge in [-0.2, -0.15) is 0 Å². The summed E-state index contributed by atoms with van der Waals surface area (Å²) in [6, 6.07) is 10.3. The first kappa shape index (κ1) is 15.0. The highest BCUT2D eigenvalue weighted by molar-refractivity contribution is 5.77. The number of ether oxygens (including phenoxy) is 1. The minimum Gasteiger partial charge on any atom is -0.459 e. The second-order valence-electron chi connectivity index (χ2n) is 4.76. The number of rotatable bonds is 8. The van der Waals surface area contributed by atoms with Crippen molar-refractivity contribution in [1.29, 1.82) is 0 Å². The first-order valence-corrected chi connectivity index (χ1v) is 7.30. The molecule has 0 fully saturated rings. The highest BCUT2D eigenvalue weighted by Gasteiger charge is 2.21. The number of furan rings is 1. The van der Waals surface area contributed by atoms with Crippen LogP contribution >= 0.6 is 0 Å². The number of hydrogen-bond acceptors (Lipinski definition) is 4. The summed E-state index contributed by atoms with van der Waals surface area (Å²) in [5, 5.41) is 1.13. The number of nitrogens with zero attached hydrogens (tertiary/aromatic N) is 1. The number of nitrogens with two attached hydrogens (primary N) is 1. The molecule has 1 heterocycles. The van der Waals surface area contributed by atoms with Gasteiger partial charge in [0, 0.05) is 25.1 Å². The Morgan fingerprint density at radius 2 is 2.10 bits per heavy atom. The Bertz CT molecular complexity index is 491. The van der Waals surface area contributed by atoms with Gasteiger partial charge in [0.05, 0.1) is 12.6 Å². The molecular formula is C16H24N2O2. The van der Waals surface area contributed by atoms with Crippen molar-refractivity contribution >= 4 is 11.0 Å². The molecule has 1 aromatic heterocycles. The van der Waals surface area contributed by atoms with Crippen molar-refractivity contribution in [3.63, 3.8) is 0 Å². The zero-order valence-corrected chi connectivity index (χ0v) is 12.3. The van der Waals surface area contributed by atoms with Gasteiger partial charge < -0.3 is 14.9 Å². The van der Waals surface area contributed by atoms with Gasteiger partial charge in [-0.25, -0.2) is 0 Å². The lowest BCUT2D eigenvalue weighted by molar-refractivity contribution is 0.0931. The molecule has 4 nitrogen and oxygen atoms in total. The monoisotopic (exact) mass is 276 g/mol. The normalized spacial score (nSPS) is 13.2. The molecule has 2 rings (SSSR count). The molecule has 0 spiro atoms. The summed E-state index contributed by atoms with van der Waals surface area (Å²) in [7, 11) is 0. The highest BCUT2D eigenvalue weighted by Crippen LogP contribution is 2.26. The smallest absolute Gasteiger partial charge is 0.134 e. The van der Waals surface area contributed by atoms with Gasteiger partial charge in [0.1, 0.15) is 11.3 Å². The van der Waals surface area contributed by atoms with Crippen LogP contribution in [0.5, 0.6) is 0 Å².